The molecule has 0 saturated carbocycles. The van der Waals surface area contributed by atoms with E-state index in [9.17, 15) is 4.79 Å². The minimum absolute atomic E-state index is 0.252. The first-order chi connectivity index (χ1) is 10.6. The number of hydrogen-bond acceptors (Lipinski definition) is 4. The van der Waals surface area contributed by atoms with Gasteiger partial charge >= 0.3 is 0 Å². The summed E-state index contributed by atoms with van der Waals surface area (Å²) in [6.07, 6.45) is 6.32. The normalized spacial score (nSPS) is 11.2. The zero-order valence-electron chi connectivity index (χ0n) is 11.1. The first kappa shape index (κ1) is 14.7. The number of benzene rings is 1. The Balaban J connectivity index is 1.73. The highest BCUT2D eigenvalue weighted by Crippen LogP contribution is 2.12. The van der Waals surface area contributed by atoms with Gasteiger partial charge in [0.1, 0.15) is 10.3 Å². The number of carbonyl (C=O) groups excluding carboxylic acids is 1. The van der Waals surface area contributed by atoms with E-state index < -0.39 is 5.91 Å². The van der Waals surface area contributed by atoms with Gasteiger partial charge in [0, 0.05) is 11.2 Å². The molecule has 0 radical (unpaired) electrons. The van der Waals surface area contributed by atoms with Gasteiger partial charge in [-0.1, -0.05) is 23.7 Å². The van der Waals surface area contributed by atoms with Crippen molar-refractivity contribution in [3.8, 4) is 0 Å². The maximum Gasteiger partial charge on any atom is 0.291 e. The minimum Gasteiger partial charge on any atom is -0.290 e. The summed E-state index contributed by atoms with van der Waals surface area (Å²) in [7, 11) is 0. The van der Waals surface area contributed by atoms with Crippen LogP contribution in [0, 0.1) is 0 Å². The van der Waals surface area contributed by atoms with Crippen molar-refractivity contribution in [3.63, 3.8) is 0 Å². The van der Waals surface area contributed by atoms with E-state index in [0.29, 0.717) is 15.3 Å². The van der Waals surface area contributed by atoms with Gasteiger partial charge < -0.3 is 0 Å². The Morgan fingerprint density at radius 2 is 2.09 bits per heavy atom. The maximum absolute atomic E-state index is 12.0. The summed E-state index contributed by atoms with van der Waals surface area (Å²) in [6.45, 7) is 0. The van der Waals surface area contributed by atoms with E-state index in [1.165, 1.54) is 6.21 Å². The molecule has 0 unspecified atom stereocenters. The molecule has 1 amide bonds. The molecule has 2 heterocycles. The number of fused-ring (bicyclic) bond motifs is 1. The molecule has 0 aliphatic carbocycles. The van der Waals surface area contributed by atoms with E-state index in [2.05, 4.69) is 36.4 Å². The largest absolute Gasteiger partial charge is 0.291 e. The van der Waals surface area contributed by atoms with E-state index in [0.717, 1.165) is 5.56 Å². The van der Waals surface area contributed by atoms with Gasteiger partial charge in [0.25, 0.3) is 5.91 Å². The quantitative estimate of drug-likeness (QED) is 0.563. The maximum atomic E-state index is 12.0. The number of carbonyl (C=O) groups is 1. The third-order valence-corrected chi connectivity index (χ3v) is 3.66. The summed E-state index contributed by atoms with van der Waals surface area (Å²) >= 11 is 9.13. The molecule has 1 aromatic carbocycles. The molecule has 3 aromatic rings. The van der Waals surface area contributed by atoms with Crippen LogP contribution in [0.4, 0.5) is 0 Å². The number of imidazole rings is 1. The first-order valence-corrected chi connectivity index (χ1v) is 7.38. The Hall–Kier alpha value is -2.25. The lowest BCUT2D eigenvalue weighted by molar-refractivity contribution is 0.0951. The Bertz CT molecular complexity index is 859. The van der Waals surface area contributed by atoms with Crippen molar-refractivity contribution in [1.29, 1.82) is 0 Å². The van der Waals surface area contributed by atoms with Crippen LogP contribution in [0.3, 0.4) is 0 Å². The molecule has 0 bridgehead atoms. The summed E-state index contributed by atoms with van der Waals surface area (Å²) in [4.78, 5) is 20.2. The third kappa shape index (κ3) is 3.15. The predicted octanol–water partition coefficient (Wildman–Crippen LogP) is 2.91. The second-order valence-corrected chi connectivity index (χ2v) is 5.58. The van der Waals surface area contributed by atoms with Crippen LogP contribution in [-0.2, 0) is 0 Å². The van der Waals surface area contributed by atoms with Crippen LogP contribution in [0.15, 0.2) is 52.6 Å². The lowest BCUT2D eigenvalue weighted by Gasteiger charge is -1.95. The molecule has 8 heteroatoms. The first-order valence-electron chi connectivity index (χ1n) is 6.21. The second-order valence-electron chi connectivity index (χ2n) is 4.34. The van der Waals surface area contributed by atoms with Crippen molar-refractivity contribution in [2.45, 2.75) is 0 Å². The number of halogens is 2. The highest BCUT2D eigenvalue weighted by Gasteiger charge is 2.11. The van der Waals surface area contributed by atoms with E-state index in [4.69, 9.17) is 11.6 Å². The average molecular weight is 379 g/mol. The van der Waals surface area contributed by atoms with Crippen LogP contribution in [-0.4, -0.2) is 26.5 Å². The topological polar surface area (TPSA) is 71.7 Å². The predicted molar refractivity (Wildman–Crippen MR) is 87.2 cm³/mol. The van der Waals surface area contributed by atoms with Gasteiger partial charge in [-0.2, -0.15) is 5.10 Å². The van der Waals surface area contributed by atoms with Crippen molar-refractivity contribution in [2.75, 3.05) is 0 Å². The fourth-order valence-corrected chi connectivity index (χ4v) is 2.29. The van der Waals surface area contributed by atoms with Crippen LogP contribution < -0.4 is 5.43 Å². The number of hydrogen-bond donors (Lipinski definition) is 1. The monoisotopic (exact) mass is 377 g/mol. The zero-order valence-corrected chi connectivity index (χ0v) is 13.4. The van der Waals surface area contributed by atoms with Gasteiger partial charge in [-0.3, -0.25) is 14.2 Å². The van der Waals surface area contributed by atoms with Crippen molar-refractivity contribution in [2.24, 2.45) is 5.10 Å². The van der Waals surface area contributed by atoms with Gasteiger partial charge in [-0.25, -0.2) is 10.4 Å². The SMILES string of the molecule is O=C(N/N=C/c1ccc(Cl)cc1)c1cn2c(Br)cncc2n1. The molecule has 0 atom stereocenters. The van der Waals surface area contributed by atoms with E-state index in [-0.39, 0.29) is 5.69 Å². The standard InChI is InChI=1S/C14H9BrClN5O/c15-12-6-17-7-13-19-11(8-21(12)13)14(22)20-18-5-9-1-3-10(16)4-2-9/h1-8H,(H,20,22)/b18-5+. The Kier molecular flexibility index (Phi) is 4.17. The molecule has 1 N–H and O–H groups in total. The summed E-state index contributed by atoms with van der Waals surface area (Å²) in [5.41, 5.74) is 4.08. The Morgan fingerprint density at radius 3 is 2.82 bits per heavy atom. The molecular formula is C14H9BrClN5O. The number of aromatic nitrogens is 3. The summed E-state index contributed by atoms with van der Waals surface area (Å²) in [6, 6.07) is 7.09. The Morgan fingerprint density at radius 1 is 1.32 bits per heavy atom. The van der Waals surface area contributed by atoms with Gasteiger partial charge in [-0.15, -0.1) is 0 Å². The molecule has 0 spiro atoms. The molecule has 2 aromatic heterocycles. The molecule has 0 fully saturated rings. The van der Waals surface area contributed by atoms with Crippen LogP contribution in [0.1, 0.15) is 16.1 Å². The summed E-state index contributed by atoms with van der Waals surface area (Å²) < 4.78 is 2.42. The molecule has 110 valence electrons. The van der Waals surface area contributed by atoms with E-state index in [1.807, 2.05) is 0 Å². The molecular weight excluding hydrogens is 370 g/mol. The number of rotatable bonds is 3. The molecule has 3 rings (SSSR count). The smallest absolute Gasteiger partial charge is 0.290 e. The number of nitrogens with zero attached hydrogens (tertiary/aromatic N) is 4. The van der Waals surface area contributed by atoms with E-state index >= 15 is 0 Å². The molecule has 0 aliphatic heterocycles. The lowest BCUT2D eigenvalue weighted by atomic mass is 10.2. The van der Waals surface area contributed by atoms with Crippen LogP contribution in [0.25, 0.3) is 5.65 Å². The minimum atomic E-state index is -0.402. The van der Waals surface area contributed by atoms with Crippen LogP contribution in [0.5, 0.6) is 0 Å². The fraction of sp³-hybridized carbons (Fsp3) is 0. The summed E-state index contributed by atoms with van der Waals surface area (Å²) in [5.74, 6) is -0.402. The van der Waals surface area contributed by atoms with Gasteiger partial charge in [0.05, 0.1) is 18.6 Å². The van der Waals surface area contributed by atoms with Crippen molar-refractivity contribution in [1.82, 2.24) is 19.8 Å². The van der Waals surface area contributed by atoms with Crippen LogP contribution in [0.2, 0.25) is 5.02 Å². The molecule has 0 aliphatic rings. The average Bonchev–Trinajstić information content (AvgIpc) is 2.95. The van der Waals surface area contributed by atoms with Crippen LogP contribution >= 0.6 is 27.5 Å². The lowest BCUT2D eigenvalue weighted by Crippen LogP contribution is -2.17. The molecule has 6 nitrogen and oxygen atoms in total. The highest BCUT2D eigenvalue weighted by atomic mass is 79.9. The second kappa shape index (κ2) is 6.25. The van der Waals surface area contributed by atoms with Crippen molar-refractivity contribution < 1.29 is 4.79 Å². The number of nitrogens with one attached hydrogen (secondary N) is 1. The highest BCUT2D eigenvalue weighted by molar-refractivity contribution is 9.10. The Labute approximate surface area is 139 Å². The number of amides is 1. The van der Waals surface area contributed by atoms with Crippen molar-refractivity contribution >= 4 is 45.3 Å². The number of hydrazone groups is 1. The molecule has 0 saturated heterocycles. The zero-order chi connectivity index (χ0) is 15.5. The fourth-order valence-electron chi connectivity index (χ4n) is 1.77. The van der Waals surface area contributed by atoms with E-state index in [1.54, 1.807) is 47.3 Å². The third-order valence-electron chi connectivity index (χ3n) is 2.82. The van der Waals surface area contributed by atoms with Gasteiger partial charge in [0.2, 0.25) is 0 Å². The van der Waals surface area contributed by atoms with Crippen molar-refractivity contribution in [3.05, 3.63) is 63.7 Å². The molecule has 22 heavy (non-hydrogen) atoms. The van der Waals surface area contributed by atoms with Gasteiger partial charge in [-0.05, 0) is 33.6 Å². The summed E-state index contributed by atoms with van der Waals surface area (Å²) in [5, 5.41) is 4.54. The van der Waals surface area contributed by atoms with Gasteiger partial charge in [0.15, 0.2) is 5.65 Å².